The maximum Gasteiger partial charge on any atom is 0.259 e. The van der Waals surface area contributed by atoms with Gasteiger partial charge in [-0.15, -0.1) is 0 Å². The molecule has 5 nitrogen and oxygen atoms in total. The van der Waals surface area contributed by atoms with Crippen molar-refractivity contribution in [3.05, 3.63) is 96.2 Å². The Kier molecular flexibility index (Phi) is 5.07. The first-order chi connectivity index (χ1) is 14.1. The van der Waals surface area contributed by atoms with Crippen LogP contribution in [0.15, 0.2) is 79.3 Å². The molecule has 0 radical (unpaired) electrons. The first-order valence-corrected chi connectivity index (χ1v) is 9.01. The molecule has 0 atom stereocenters. The van der Waals surface area contributed by atoms with Crippen LogP contribution in [0.2, 0.25) is 0 Å². The minimum Gasteiger partial charge on any atom is -0.322 e. The lowest BCUT2D eigenvalue weighted by Crippen LogP contribution is -2.15. The monoisotopic (exact) mass is 384 g/mol. The van der Waals surface area contributed by atoms with E-state index in [1.807, 2.05) is 31.2 Å². The number of anilines is 1. The van der Waals surface area contributed by atoms with Crippen LogP contribution < -0.4 is 5.32 Å². The van der Waals surface area contributed by atoms with Crippen LogP contribution in [0.1, 0.15) is 15.9 Å². The van der Waals surface area contributed by atoms with Gasteiger partial charge in [0.15, 0.2) is 5.82 Å². The number of hydrogen-bond donors (Lipinski definition) is 1. The van der Waals surface area contributed by atoms with Crippen molar-refractivity contribution in [2.45, 2.75) is 6.92 Å². The summed E-state index contributed by atoms with van der Waals surface area (Å²) in [5.74, 6) is -0.333. The largest absolute Gasteiger partial charge is 0.322 e. The molecule has 1 amide bonds. The molecule has 0 fully saturated rings. The van der Waals surface area contributed by atoms with Gasteiger partial charge in [0.2, 0.25) is 0 Å². The van der Waals surface area contributed by atoms with Gasteiger partial charge in [-0.1, -0.05) is 35.9 Å². The average Bonchev–Trinajstić information content (AvgIpc) is 2.74. The van der Waals surface area contributed by atoms with Gasteiger partial charge in [-0.3, -0.25) is 9.78 Å². The molecule has 2 heterocycles. The standard InChI is InChI=1S/C23H17FN4O/c1-15-5-7-17(8-6-15)22-26-14-20(21(28-22)16-9-11-25-12-10-16)23(29)27-19-4-2-3-18(24)13-19/h2-14H,1H3,(H,27,29). The fourth-order valence-corrected chi connectivity index (χ4v) is 2.88. The van der Waals surface area contributed by atoms with Gasteiger partial charge in [0, 0.05) is 35.4 Å². The highest BCUT2D eigenvalue weighted by atomic mass is 19.1. The molecule has 0 saturated carbocycles. The van der Waals surface area contributed by atoms with E-state index in [9.17, 15) is 9.18 Å². The molecule has 29 heavy (non-hydrogen) atoms. The van der Waals surface area contributed by atoms with Gasteiger partial charge in [0.05, 0.1) is 11.3 Å². The molecule has 0 spiro atoms. The van der Waals surface area contributed by atoms with Crippen molar-refractivity contribution in [1.29, 1.82) is 0 Å². The fourth-order valence-electron chi connectivity index (χ4n) is 2.88. The van der Waals surface area contributed by atoms with Crippen molar-refractivity contribution in [2.75, 3.05) is 5.32 Å². The molecular formula is C23H17FN4O. The second-order valence-electron chi connectivity index (χ2n) is 6.52. The van der Waals surface area contributed by atoms with Crippen LogP contribution >= 0.6 is 0 Å². The number of benzene rings is 2. The van der Waals surface area contributed by atoms with E-state index in [0.717, 1.165) is 16.7 Å². The van der Waals surface area contributed by atoms with E-state index < -0.39 is 11.7 Å². The zero-order chi connectivity index (χ0) is 20.2. The number of carbonyl (C=O) groups excluding carboxylic acids is 1. The SMILES string of the molecule is Cc1ccc(-c2ncc(C(=O)Nc3cccc(F)c3)c(-c3ccncc3)n2)cc1. The lowest BCUT2D eigenvalue weighted by Gasteiger charge is -2.11. The van der Waals surface area contributed by atoms with E-state index in [2.05, 4.69) is 20.3 Å². The van der Waals surface area contributed by atoms with Gasteiger partial charge < -0.3 is 5.32 Å². The molecule has 142 valence electrons. The molecular weight excluding hydrogens is 367 g/mol. The zero-order valence-electron chi connectivity index (χ0n) is 15.6. The predicted molar refractivity (Wildman–Crippen MR) is 110 cm³/mol. The van der Waals surface area contributed by atoms with E-state index in [0.29, 0.717) is 17.2 Å². The van der Waals surface area contributed by atoms with Gasteiger partial charge >= 0.3 is 0 Å². The number of nitrogens with one attached hydrogen (secondary N) is 1. The lowest BCUT2D eigenvalue weighted by atomic mass is 10.1. The number of nitrogens with zero attached hydrogens (tertiary/aromatic N) is 3. The molecule has 2 aromatic carbocycles. The number of halogens is 1. The quantitative estimate of drug-likeness (QED) is 0.543. The first-order valence-electron chi connectivity index (χ1n) is 9.01. The molecule has 0 aliphatic rings. The molecule has 4 rings (SSSR count). The summed E-state index contributed by atoms with van der Waals surface area (Å²) in [4.78, 5) is 25.9. The summed E-state index contributed by atoms with van der Waals surface area (Å²) in [7, 11) is 0. The van der Waals surface area contributed by atoms with Crippen LogP contribution in [0.3, 0.4) is 0 Å². The van der Waals surface area contributed by atoms with Crippen LogP contribution in [0.4, 0.5) is 10.1 Å². The molecule has 6 heteroatoms. The van der Waals surface area contributed by atoms with Gasteiger partial charge in [-0.05, 0) is 37.3 Å². The third-order valence-corrected chi connectivity index (χ3v) is 4.38. The van der Waals surface area contributed by atoms with Gasteiger partial charge in [0.25, 0.3) is 5.91 Å². The Morgan fingerprint density at radius 3 is 2.45 bits per heavy atom. The van der Waals surface area contributed by atoms with Crippen molar-refractivity contribution < 1.29 is 9.18 Å². The normalized spacial score (nSPS) is 10.6. The maximum absolute atomic E-state index is 13.5. The van der Waals surface area contributed by atoms with E-state index in [1.54, 1.807) is 30.6 Å². The predicted octanol–water partition coefficient (Wildman–Crippen LogP) is 4.91. The Hall–Kier alpha value is -3.93. The Morgan fingerprint density at radius 2 is 1.72 bits per heavy atom. The highest BCUT2D eigenvalue weighted by Gasteiger charge is 2.17. The summed E-state index contributed by atoms with van der Waals surface area (Å²) in [5, 5.41) is 2.70. The molecule has 0 aliphatic heterocycles. The number of pyridine rings is 1. The Labute approximate surface area is 167 Å². The summed E-state index contributed by atoms with van der Waals surface area (Å²) in [6, 6.07) is 17.1. The molecule has 4 aromatic rings. The summed E-state index contributed by atoms with van der Waals surface area (Å²) in [5.41, 5.74) is 3.85. The summed E-state index contributed by atoms with van der Waals surface area (Å²) < 4.78 is 13.5. The molecule has 0 bridgehead atoms. The molecule has 0 saturated heterocycles. The molecule has 0 aliphatic carbocycles. The van der Waals surface area contributed by atoms with Crippen molar-refractivity contribution in [2.24, 2.45) is 0 Å². The van der Waals surface area contributed by atoms with Gasteiger partial charge in [-0.2, -0.15) is 0 Å². The number of hydrogen-bond acceptors (Lipinski definition) is 4. The lowest BCUT2D eigenvalue weighted by molar-refractivity contribution is 0.102. The minimum atomic E-state index is -0.428. The van der Waals surface area contributed by atoms with E-state index in [1.165, 1.54) is 24.4 Å². The van der Waals surface area contributed by atoms with Crippen molar-refractivity contribution in [3.63, 3.8) is 0 Å². The number of rotatable bonds is 4. The maximum atomic E-state index is 13.5. The average molecular weight is 384 g/mol. The van der Waals surface area contributed by atoms with Crippen molar-refractivity contribution >= 4 is 11.6 Å². The second kappa shape index (κ2) is 7.98. The third-order valence-electron chi connectivity index (χ3n) is 4.38. The summed E-state index contributed by atoms with van der Waals surface area (Å²) in [6.45, 7) is 2.01. The van der Waals surface area contributed by atoms with Crippen molar-refractivity contribution in [3.8, 4) is 22.6 Å². The molecule has 0 unspecified atom stereocenters. The van der Waals surface area contributed by atoms with Crippen LogP contribution in [0, 0.1) is 12.7 Å². The Morgan fingerprint density at radius 1 is 0.966 bits per heavy atom. The number of carbonyl (C=O) groups is 1. The Bertz CT molecular complexity index is 1160. The van der Waals surface area contributed by atoms with Gasteiger partial charge in [0.1, 0.15) is 5.82 Å². The number of aryl methyl sites for hydroxylation is 1. The Balaban J connectivity index is 1.76. The highest BCUT2D eigenvalue weighted by molar-refractivity contribution is 6.08. The second-order valence-corrected chi connectivity index (χ2v) is 6.52. The van der Waals surface area contributed by atoms with Crippen LogP contribution in [-0.2, 0) is 0 Å². The molecule has 2 aromatic heterocycles. The van der Waals surface area contributed by atoms with Crippen LogP contribution in [-0.4, -0.2) is 20.9 Å². The summed E-state index contributed by atoms with van der Waals surface area (Å²) in [6.07, 6.45) is 4.76. The van der Waals surface area contributed by atoms with Crippen molar-refractivity contribution in [1.82, 2.24) is 15.0 Å². The zero-order valence-corrected chi connectivity index (χ0v) is 15.6. The third kappa shape index (κ3) is 4.16. The van der Waals surface area contributed by atoms with E-state index in [4.69, 9.17) is 0 Å². The summed E-state index contributed by atoms with van der Waals surface area (Å²) >= 11 is 0. The van der Waals surface area contributed by atoms with Gasteiger partial charge in [-0.25, -0.2) is 14.4 Å². The van der Waals surface area contributed by atoms with Crippen LogP contribution in [0.5, 0.6) is 0 Å². The van der Waals surface area contributed by atoms with E-state index in [-0.39, 0.29) is 5.56 Å². The van der Waals surface area contributed by atoms with E-state index >= 15 is 0 Å². The van der Waals surface area contributed by atoms with Crippen LogP contribution in [0.25, 0.3) is 22.6 Å². The fraction of sp³-hybridized carbons (Fsp3) is 0.0435. The highest BCUT2D eigenvalue weighted by Crippen LogP contribution is 2.25. The topological polar surface area (TPSA) is 67.8 Å². The smallest absolute Gasteiger partial charge is 0.259 e. The molecule has 1 N–H and O–H groups in total. The number of amides is 1. The number of aromatic nitrogens is 3. The first kappa shape index (κ1) is 18.4. The minimum absolute atomic E-state index is 0.288.